The number of rotatable bonds is 6. The van der Waals surface area contributed by atoms with Crippen molar-refractivity contribution in [1.82, 2.24) is 25.1 Å². The second-order valence-corrected chi connectivity index (χ2v) is 6.33. The summed E-state index contributed by atoms with van der Waals surface area (Å²) < 4.78 is 7.45. The molecule has 1 aromatic heterocycles. The Hall–Kier alpha value is -1.05. The predicted molar refractivity (Wildman–Crippen MR) is 81.3 cm³/mol. The molecule has 1 aromatic rings. The van der Waals surface area contributed by atoms with Gasteiger partial charge < -0.3 is 9.84 Å². The van der Waals surface area contributed by atoms with Crippen LogP contribution in [0.15, 0.2) is 0 Å². The van der Waals surface area contributed by atoms with E-state index in [1.54, 1.807) is 0 Å². The second kappa shape index (κ2) is 7.48. The van der Waals surface area contributed by atoms with Crippen LogP contribution in [-0.2, 0) is 11.3 Å². The quantitative estimate of drug-likeness (QED) is 0.849. The summed E-state index contributed by atoms with van der Waals surface area (Å²) >= 11 is 0. The van der Waals surface area contributed by atoms with Crippen molar-refractivity contribution in [2.45, 2.75) is 70.1 Å². The maximum absolute atomic E-state index is 9.76. The first kappa shape index (κ1) is 15.8. The van der Waals surface area contributed by atoms with Crippen molar-refractivity contribution in [2.24, 2.45) is 0 Å². The lowest BCUT2D eigenvalue weighted by Crippen LogP contribution is -2.45. The van der Waals surface area contributed by atoms with Gasteiger partial charge in [-0.2, -0.15) is 0 Å². The van der Waals surface area contributed by atoms with Gasteiger partial charge in [-0.3, -0.25) is 4.90 Å². The first-order valence-electron chi connectivity index (χ1n) is 8.57. The minimum absolute atomic E-state index is 0.213. The van der Waals surface area contributed by atoms with Gasteiger partial charge in [0.05, 0.1) is 12.6 Å². The highest BCUT2D eigenvalue weighted by Crippen LogP contribution is 2.38. The van der Waals surface area contributed by atoms with Gasteiger partial charge in [0.25, 0.3) is 0 Å². The Morgan fingerprint density at radius 3 is 2.77 bits per heavy atom. The molecule has 0 amide bonds. The molecule has 1 N–H and O–H groups in total. The predicted octanol–water partition coefficient (Wildman–Crippen LogP) is 1.15. The first-order chi connectivity index (χ1) is 10.8. The molecule has 2 fully saturated rings. The van der Waals surface area contributed by atoms with Gasteiger partial charge >= 0.3 is 0 Å². The van der Waals surface area contributed by atoms with Crippen molar-refractivity contribution in [3.05, 3.63) is 5.82 Å². The first-order valence-corrected chi connectivity index (χ1v) is 8.57. The molecule has 22 heavy (non-hydrogen) atoms. The van der Waals surface area contributed by atoms with Crippen LogP contribution in [0.2, 0.25) is 0 Å². The van der Waals surface area contributed by atoms with E-state index in [9.17, 15) is 5.11 Å². The Kier molecular flexibility index (Phi) is 5.38. The highest BCUT2D eigenvalue weighted by atomic mass is 16.5. The molecule has 2 saturated heterocycles. The average molecular weight is 309 g/mol. The van der Waals surface area contributed by atoms with Crippen LogP contribution in [0.1, 0.15) is 57.3 Å². The van der Waals surface area contributed by atoms with Crippen molar-refractivity contribution in [3.8, 4) is 0 Å². The van der Waals surface area contributed by atoms with Gasteiger partial charge in [-0.25, -0.2) is 4.68 Å². The number of likely N-dealkylation sites (tertiary alicyclic amines) is 1. The fraction of sp³-hybridized carbons (Fsp3) is 0.933. The van der Waals surface area contributed by atoms with E-state index in [0.717, 1.165) is 64.1 Å². The molecular weight excluding hydrogens is 282 g/mol. The number of aliphatic hydroxyl groups excluding tert-OH is 1. The lowest BCUT2D eigenvalue weighted by molar-refractivity contribution is 0.000672. The molecule has 3 rings (SSSR count). The topological polar surface area (TPSA) is 76.3 Å². The maximum Gasteiger partial charge on any atom is 0.168 e. The Morgan fingerprint density at radius 1 is 1.23 bits per heavy atom. The number of hydrogen-bond acceptors (Lipinski definition) is 6. The third kappa shape index (κ3) is 3.16. The third-order valence-electron chi connectivity index (χ3n) is 4.96. The van der Waals surface area contributed by atoms with Gasteiger partial charge in [0.15, 0.2) is 5.82 Å². The monoisotopic (exact) mass is 309 g/mol. The Labute approximate surface area is 131 Å². The number of aromatic nitrogens is 4. The minimum atomic E-state index is 0.213. The van der Waals surface area contributed by atoms with E-state index in [4.69, 9.17) is 4.74 Å². The standard InChI is InChI=1S/C15H27N5O2/c1-2-3-8-19-15(16-17-18-19)14-5-4-13(11-21)20(14)12-6-9-22-10-7-12/h12-14,21H,2-11H2,1H3/t13-,14+/m0/s1. The second-order valence-electron chi connectivity index (χ2n) is 6.33. The maximum atomic E-state index is 9.76. The van der Waals surface area contributed by atoms with Crippen LogP contribution >= 0.6 is 0 Å². The fourth-order valence-electron chi connectivity index (χ4n) is 3.80. The summed E-state index contributed by atoms with van der Waals surface area (Å²) in [6.45, 7) is 4.89. The molecule has 2 atom stereocenters. The SMILES string of the molecule is CCCCn1nnnc1[C@H]1CC[C@@H](CO)N1C1CCOCC1. The highest BCUT2D eigenvalue weighted by Gasteiger charge is 2.41. The van der Waals surface area contributed by atoms with Crippen LogP contribution in [0.3, 0.4) is 0 Å². The molecule has 0 unspecified atom stereocenters. The van der Waals surface area contributed by atoms with Crippen molar-refractivity contribution in [3.63, 3.8) is 0 Å². The summed E-state index contributed by atoms with van der Waals surface area (Å²) in [6.07, 6.45) is 6.32. The molecule has 3 heterocycles. The van der Waals surface area contributed by atoms with Gasteiger partial charge in [-0.1, -0.05) is 13.3 Å². The smallest absolute Gasteiger partial charge is 0.168 e. The number of ether oxygens (including phenoxy) is 1. The van der Waals surface area contributed by atoms with Gasteiger partial charge in [-0.05, 0) is 42.5 Å². The van der Waals surface area contributed by atoms with Gasteiger partial charge in [0.2, 0.25) is 0 Å². The van der Waals surface area contributed by atoms with E-state index in [2.05, 4.69) is 27.3 Å². The zero-order valence-electron chi connectivity index (χ0n) is 13.4. The van der Waals surface area contributed by atoms with Crippen LogP contribution in [-0.4, -0.2) is 62.1 Å². The number of aryl methyl sites for hydroxylation is 1. The van der Waals surface area contributed by atoms with Crippen LogP contribution < -0.4 is 0 Å². The number of aliphatic hydroxyl groups is 1. The molecule has 124 valence electrons. The highest BCUT2D eigenvalue weighted by molar-refractivity contribution is 5.02. The van der Waals surface area contributed by atoms with Crippen molar-refractivity contribution >= 4 is 0 Å². The summed E-state index contributed by atoms with van der Waals surface area (Å²) in [6, 6.07) is 0.922. The molecule has 0 aliphatic carbocycles. The Balaban J connectivity index is 1.80. The molecule has 7 nitrogen and oxygen atoms in total. The zero-order chi connectivity index (χ0) is 15.4. The number of unbranched alkanes of at least 4 members (excludes halogenated alkanes) is 1. The van der Waals surface area contributed by atoms with E-state index in [0.29, 0.717) is 6.04 Å². The van der Waals surface area contributed by atoms with E-state index in [1.807, 2.05) is 4.68 Å². The normalized spacial score (nSPS) is 27.5. The molecule has 0 aromatic carbocycles. The zero-order valence-corrected chi connectivity index (χ0v) is 13.4. The van der Waals surface area contributed by atoms with Gasteiger partial charge in [0.1, 0.15) is 0 Å². The molecule has 2 aliphatic heterocycles. The largest absolute Gasteiger partial charge is 0.395 e. The Bertz CT molecular complexity index is 461. The van der Waals surface area contributed by atoms with E-state index in [-0.39, 0.29) is 18.7 Å². The van der Waals surface area contributed by atoms with E-state index < -0.39 is 0 Å². The molecule has 7 heteroatoms. The summed E-state index contributed by atoms with van der Waals surface area (Å²) in [7, 11) is 0. The number of tetrazole rings is 1. The molecule has 0 radical (unpaired) electrons. The van der Waals surface area contributed by atoms with Crippen molar-refractivity contribution in [1.29, 1.82) is 0 Å². The fourth-order valence-corrected chi connectivity index (χ4v) is 3.80. The minimum Gasteiger partial charge on any atom is -0.395 e. The molecule has 0 saturated carbocycles. The van der Waals surface area contributed by atoms with Crippen LogP contribution in [0, 0.1) is 0 Å². The number of hydrogen-bond donors (Lipinski definition) is 1. The average Bonchev–Trinajstić information content (AvgIpc) is 3.19. The van der Waals surface area contributed by atoms with Crippen molar-refractivity contribution < 1.29 is 9.84 Å². The van der Waals surface area contributed by atoms with Crippen LogP contribution in [0.4, 0.5) is 0 Å². The molecule has 2 aliphatic rings. The van der Waals surface area contributed by atoms with Crippen LogP contribution in [0.25, 0.3) is 0 Å². The van der Waals surface area contributed by atoms with Crippen LogP contribution in [0.5, 0.6) is 0 Å². The van der Waals surface area contributed by atoms with E-state index in [1.165, 1.54) is 0 Å². The summed E-state index contributed by atoms with van der Waals surface area (Å²) in [5.41, 5.74) is 0. The lowest BCUT2D eigenvalue weighted by atomic mass is 10.0. The summed E-state index contributed by atoms with van der Waals surface area (Å²) in [5, 5.41) is 22.1. The Morgan fingerprint density at radius 2 is 2.05 bits per heavy atom. The van der Waals surface area contributed by atoms with Gasteiger partial charge in [0, 0.05) is 31.8 Å². The lowest BCUT2D eigenvalue weighted by Gasteiger charge is -2.38. The third-order valence-corrected chi connectivity index (χ3v) is 4.96. The van der Waals surface area contributed by atoms with E-state index >= 15 is 0 Å². The van der Waals surface area contributed by atoms with Crippen molar-refractivity contribution in [2.75, 3.05) is 19.8 Å². The summed E-state index contributed by atoms with van der Waals surface area (Å²) in [5.74, 6) is 0.968. The number of nitrogens with zero attached hydrogens (tertiary/aromatic N) is 5. The van der Waals surface area contributed by atoms with Gasteiger partial charge in [-0.15, -0.1) is 5.10 Å². The summed E-state index contributed by atoms with van der Waals surface area (Å²) in [4.78, 5) is 2.47. The molecular formula is C15H27N5O2. The molecule has 0 bridgehead atoms. The molecule has 0 spiro atoms.